The molecule has 0 atom stereocenters. The van der Waals surface area contributed by atoms with Gasteiger partial charge in [-0.3, -0.25) is 4.79 Å². The molecule has 0 N–H and O–H groups in total. The highest BCUT2D eigenvalue weighted by atomic mass is 32.1. The first-order chi connectivity index (χ1) is 16.0. The molecule has 10 heteroatoms. The maximum Gasteiger partial charge on any atom is 0.338 e. The second-order valence-corrected chi connectivity index (χ2v) is 7.77. The predicted octanol–water partition coefficient (Wildman–Crippen LogP) is 3.29. The topological polar surface area (TPSA) is 97.6 Å². The number of esters is 1. The molecule has 0 saturated carbocycles. The largest absolute Gasteiger partial charge is 0.493 e. The number of ether oxygens (including phenoxy) is 5. The summed E-state index contributed by atoms with van der Waals surface area (Å²) in [7, 11) is 6.06. The van der Waals surface area contributed by atoms with Gasteiger partial charge in [0, 0.05) is 19.2 Å². The van der Waals surface area contributed by atoms with Crippen molar-refractivity contribution in [3.8, 4) is 17.2 Å². The molecule has 0 aliphatic rings. The van der Waals surface area contributed by atoms with E-state index in [1.807, 2.05) is 10.6 Å². The summed E-state index contributed by atoms with van der Waals surface area (Å²) < 4.78 is 29.0. The van der Waals surface area contributed by atoms with Gasteiger partial charge >= 0.3 is 5.97 Å². The predicted molar refractivity (Wildman–Crippen MR) is 124 cm³/mol. The number of hydrogen-bond acceptors (Lipinski definition) is 8. The third kappa shape index (κ3) is 5.18. The summed E-state index contributed by atoms with van der Waals surface area (Å²) in [5.41, 5.74) is 1.56. The minimum Gasteiger partial charge on any atom is -0.493 e. The quantitative estimate of drug-likeness (QED) is 0.439. The van der Waals surface area contributed by atoms with E-state index < -0.39 is 11.9 Å². The van der Waals surface area contributed by atoms with Gasteiger partial charge < -0.3 is 28.3 Å². The molecule has 0 radical (unpaired) electrons. The van der Waals surface area contributed by atoms with Crippen molar-refractivity contribution in [1.82, 2.24) is 4.57 Å². The first-order valence-electron chi connectivity index (χ1n) is 10.2. The zero-order valence-electron chi connectivity index (χ0n) is 19.2. The van der Waals surface area contributed by atoms with Crippen LogP contribution in [0.5, 0.6) is 17.2 Å². The van der Waals surface area contributed by atoms with Crippen molar-refractivity contribution >= 4 is 33.4 Å². The zero-order valence-corrected chi connectivity index (χ0v) is 20.0. The Morgan fingerprint density at radius 3 is 2.24 bits per heavy atom. The van der Waals surface area contributed by atoms with Gasteiger partial charge in [-0.2, -0.15) is 4.99 Å². The van der Waals surface area contributed by atoms with E-state index in [2.05, 4.69) is 4.99 Å². The fourth-order valence-corrected chi connectivity index (χ4v) is 4.35. The first-order valence-corrected chi connectivity index (χ1v) is 11.0. The molecule has 1 amide bonds. The summed E-state index contributed by atoms with van der Waals surface area (Å²) in [6.45, 7) is 2.96. The molecule has 3 rings (SSSR count). The van der Waals surface area contributed by atoms with Crippen LogP contribution in [0.1, 0.15) is 27.6 Å². The Labute approximate surface area is 195 Å². The van der Waals surface area contributed by atoms with Crippen molar-refractivity contribution in [2.45, 2.75) is 13.5 Å². The normalized spacial score (nSPS) is 11.5. The van der Waals surface area contributed by atoms with E-state index in [0.29, 0.717) is 47.4 Å². The summed E-state index contributed by atoms with van der Waals surface area (Å²) in [6, 6.07) is 8.36. The third-order valence-corrected chi connectivity index (χ3v) is 5.86. The summed E-state index contributed by atoms with van der Waals surface area (Å²) in [4.78, 5) is 30.0. The van der Waals surface area contributed by atoms with Crippen LogP contribution in [0.25, 0.3) is 10.2 Å². The van der Waals surface area contributed by atoms with Crippen molar-refractivity contribution in [3.63, 3.8) is 0 Å². The van der Waals surface area contributed by atoms with Gasteiger partial charge in [0.1, 0.15) is 0 Å². The maximum atomic E-state index is 13.1. The van der Waals surface area contributed by atoms with Crippen LogP contribution in [0.3, 0.4) is 0 Å². The standard InChI is InChI=1S/C23H26N2O7S/c1-6-32-22(27)14-7-8-16-19(13-14)33-23(25(16)9-10-28-2)24-21(26)15-11-17(29-3)20(31-5)18(12-15)30-4/h7-8,11-13H,6,9-10H2,1-5H3. The molecular weight excluding hydrogens is 448 g/mol. The van der Waals surface area contributed by atoms with E-state index in [1.165, 1.54) is 32.7 Å². The average Bonchev–Trinajstić information content (AvgIpc) is 3.17. The third-order valence-electron chi connectivity index (χ3n) is 4.82. The molecule has 0 spiro atoms. The van der Waals surface area contributed by atoms with E-state index in [-0.39, 0.29) is 5.56 Å². The molecule has 1 heterocycles. The Morgan fingerprint density at radius 1 is 0.970 bits per heavy atom. The van der Waals surface area contributed by atoms with Crippen LogP contribution in [0.15, 0.2) is 35.3 Å². The van der Waals surface area contributed by atoms with Crippen LogP contribution in [0.2, 0.25) is 0 Å². The number of amides is 1. The highest BCUT2D eigenvalue weighted by molar-refractivity contribution is 7.16. The molecule has 176 valence electrons. The minimum absolute atomic E-state index is 0.285. The Balaban J connectivity index is 2.11. The minimum atomic E-state index is -0.474. The molecule has 2 aromatic carbocycles. The Hall–Kier alpha value is -3.37. The Morgan fingerprint density at radius 2 is 1.67 bits per heavy atom. The number of thiazole rings is 1. The number of hydrogen-bond donors (Lipinski definition) is 0. The molecule has 0 bridgehead atoms. The highest BCUT2D eigenvalue weighted by Gasteiger charge is 2.18. The molecule has 0 aliphatic carbocycles. The first kappa shape index (κ1) is 24.3. The summed E-state index contributed by atoms with van der Waals surface area (Å²) in [5.74, 6) is 0.233. The van der Waals surface area contributed by atoms with Crippen LogP contribution in [0, 0.1) is 0 Å². The van der Waals surface area contributed by atoms with Crippen molar-refractivity contribution in [3.05, 3.63) is 46.3 Å². The van der Waals surface area contributed by atoms with Gasteiger partial charge in [-0.15, -0.1) is 0 Å². The van der Waals surface area contributed by atoms with Crippen molar-refractivity contribution < 1.29 is 33.3 Å². The van der Waals surface area contributed by atoms with E-state index in [4.69, 9.17) is 23.7 Å². The van der Waals surface area contributed by atoms with Gasteiger partial charge in [-0.1, -0.05) is 11.3 Å². The molecule has 9 nitrogen and oxygen atoms in total. The monoisotopic (exact) mass is 474 g/mol. The summed E-state index contributed by atoms with van der Waals surface area (Å²) in [5, 5.41) is 0. The van der Waals surface area contributed by atoms with Crippen LogP contribution < -0.4 is 19.0 Å². The lowest BCUT2D eigenvalue weighted by atomic mass is 10.1. The number of fused-ring (bicyclic) bond motifs is 1. The van der Waals surface area contributed by atoms with Crippen molar-refractivity contribution in [1.29, 1.82) is 0 Å². The number of benzene rings is 2. The average molecular weight is 475 g/mol. The van der Waals surface area contributed by atoms with E-state index in [0.717, 1.165) is 10.2 Å². The number of nitrogens with zero attached hydrogens (tertiary/aromatic N) is 2. The van der Waals surface area contributed by atoms with Gasteiger partial charge in [0.25, 0.3) is 5.91 Å². The fraction of sp³-hybridized carbons (Fsp3) is 0.348. The molecule has 0 saturated heterocycles. The lowest BCUT2D eigenvalue weighted by Gasteiger charge is -2.12. The van der Waals surface area contributed by atoms with Gasteiger partial charge in [0.2, 0.25) is 5.75 Å². The van der Waals surface area contributed by atoms with Crippen LogP contribution >= 0.6 is 11.3 Å². The number of carbonyl (C=O) groups excluding carboxylic acids is 2. The van der Waals surface area contributed by atoms with Gasteiger partial charge in [-0.05, 0) is 37.3 Å². The van der Waals surface area contributed by atoms with Crippen molar-refractivity contribution in [2.75, 3.05) is 41.7 Å². The number of rotatable bonds is 9. The van der Waals surface area contributed by atoms with E-state index >= 15 is 0 Å². The molecule has 0 unspecified atom stereocenters. The zero-order chi connectivity index (χ0) is 24.0. The SMILES string of the molecule is CCOC(=O)c1ccc2c(c1)sc(=NC(=O)c1cc(OC)c(OC)c(OC)c1)n2CCOC. The number of carbonyl (C=O) groups is 2. The van der Waals surface area contributed by atoms with E-state index in [1.54, 1.807) is 38.3 Å². The van der Waals surface area contributed by atoms with E-state index in [9.17, 15) is 9.59 Å². The molecular formula is C23H26N2O7S. The highest BCUT2D eigenvalue weighted by Crippen LogP contribution is 2.38. The van der Waals surface area contributed by atoms with Crippen molar-refractivity contribution in [2.24, 2.45) is 4.99 Å². The molecule has 0 aliphatic heterocycles. The van der Waals surface area contributed by atoms with Gasteiger partial charge in [0.05, 0.1) is 50.3 Å². The van der Waals surface area contributed by atoms with Crippen LogP contribution in [-0.4, -0.2) is 58.1 Å². The van der Waals surface area contributed by atoms with Gasteiger partial charge in [0.15, 0.2) is 16.3 Å². The van der Waals surface area contributed by atoms with Crippen LogP contribution in [0.4, 0.5) is 0 Å². The maximum absolute atomic E-state index is 13.1. The molecule has 0 fully saturated rings. The fourth-order valence-electron chi connectivity index (χ4n) is 3.25. The second-order valence-electron chi connectivity index (χ2n) is 6.76. The van der Waals surface area contributed by atoms with Crippen LogP contribution in [-0.2, 0) is 16.0 Å². The molecule has 1 aromatic heterocycles. The number of aromatic nitrogens is 1. The Kier molecular flexibility index (Phi) is 8.07. The lowest BCUT2D eigenvalue weighted by molar-refractivity contribution is 0.0526. The summed E-state index contributed by atoms with van der Waals surface area (Å²) >= 11 is 1.30. The lowest BCUT2D eigenvalue weighted by Crippen LogP contribution is -2.19. The number of methoxy groups -OCH3 is 4. The molecule has 33 heavy (non-hydrogen) atoms. The Bertz CT molecular complexity index is 1200. The molecule has 3 aromatic rings. The second kappa shape index (κ2) is 11.0. The smallest absolute Gasteiger partial charge is 0.338 e. The summed E-state index contributed by atoms with van der Waals surface area (Å²) in [6.07, 6.45) is 0. The van der Waals surface area contributed by atoms with Gasteiger partial charge in [-0.25, -0.2) is 4.79 Å².